The molecule has 2 aromatic rings. The largest absolute Gasteiger partial charge is 0.496 e. The van der Waals surface area contributed by atoms with Gasteiger partial charge >= 0.3 is 0 Å². The Morgan fingerprint density at radius 1 is 1.16 bits per heavy atom. The predicted octanol–water partition coefficient (Wildman–Crippen LogP) is 4.10. The standard InChI is InChI=1S/C23H29N3O5/c1-5-13-25(23(28)6-2)15-20(24-16(3)27)17-11-12-22(31-4)19(14-17)18-9-7-8-10-21(18)26(29)30/h7-12,14,20H,5-6,13,15H2,1-4H3,(H,24,27). The number of para-hydroxylation sites is 1. The molecule has 0 radical (unpaired) electrons. The number of carbonyl (C=O) groups is 2. The summed E-state index contributed by atoms with van der Waals surface area (Å²) < 4.78 is 5.45. The first-order valence-electron chi connectivity index (χ1n) is 10.3. The average Bonchev–Trinajstić information content (AvgIpc) is 2.76. The van der Waals surface area contributed by atoms with E-state index in [4.69, 9.17) is 4.74 Å². The predicted molar refractivity (Wildman–Crippen MR) is 119 cm³/mol. The van der Waals surface area contributed by atoms with Crippen LogP contribution in [0.2, 0.25) is 0 Å². The molecule has 1 unspecified atom stereocenters. The van der Waals surface area contributed by atoms with E-state index < -0.39 is 11.0 Å². The Balaban J connectivity index is 2.56. The number of nitrogens with zero attached hydrogens (tertiary/aromatic N) is 2. The molecule has 0 spiro atoms. The van der Waals surface area contributed by atoms with E-state index in [0.29, 0.717) is 36.4 Å². The monoisotopic (exact) mass is 427 g/mol. The Morgan fingerprint density at radius 3 is 2.45 bits per heavy atom. The van der Waals surface area contributed by atoms with Crippen LogP contribution >= 0.6 is 0 Å². The minimum Gasteiger partial charge on any atom is -0.496 e. The van der Waals surface area contributed by atoms with Gasteiger partial charge in [-0.1, -0.05) is 32.0 Å². The average molecular weight is 428 g/mol. The molecule has 166 valence electrons. The van der Waals surface area contributed by atoms with Crippen molar-refractivity contribution in [3.05, 3.63) is 58.1 Å². The number of rotatable bonds is 10. The molecule has 0 bridgehead atoms. The molecule has 31 heavy (non-hydrogen) atoms. The van der Waals surface area contributed by atoms with Crippen LogP contribution in [0.1, 0.15) is 45.2 Å². The Bertz CT molecular complexity index is 945. The summed E-state index contributed by atoms with van der Waals surface area (Å²) in [5.41, 5.74) is 1.66. The molecule has 2 rings (SSSR count). The summed E-state index contributed by atoms with van der Waals surface area (Å²) in [5.74, 6) is 0.257. The minimum absolute atomic E-state index is 0.00429. The van der Waals surface area contributed by atoms with Gasteiger partial charge in [0.05, 0.1) is 23.6 Å². The Labute approximate surface area is 182 Å². The summed E-state index contributed by atoms with van der Waals surface area (Å²) in [7, 11) is 1.50. The van der Waals surface area contributed by atoms with Crippen molar-refractivity contribution < 1.29 is 19.2 Å². The molecule has 8 heteroatoms. The van der Waals surface area contributed by atoms with Crippen molar-refractivity contribution in [3.8, 4) is 16.9 Å². The van der Waals surface area contributed by atoms with Gasteiger partial charge in [-0.2, -0.15) is 0 Å². The van der Waals surface area contributed by atoms with Gasteiger partial charge in [0, 0.05) is 38.1 Å². The van der Waals surface area contributed by atoms with Crippen molar-refractivity contribution in [2.75, 3.05) is 20.2 Å². The third kappa shape index (κ3) is 6.04. The molecular weight excluding hydrogens is 398 g/mol. The van der Waals surface area contributed by atoms with Crippen LogP contribution in [0.3, 0.4) is 0 Å². The zero-order valence-corrected chi connectivity index (χ0v) is 18.4. The summed E-state index contributed by atoms with van der Waals surface area (Å²) in [5, 5.41) is 14.5. The molecule has 0 saturated carbocycles. The van der Waals surface area contributed by atoms with E-state index >= 15 is 0 Å². The highest BCUT2D eigenvalue weighted by molar-refractivity contribution is 5.80. The van der Waals surface area contributed by atoms with Crippen LogP contribution in [0.15, 0.2) is 42.5 Å². The maximum Gasteiger partial charge on any atom is 0.277 e. The van der Waals surface area contributed by atoms with Crippen molar-refractivity contribution in [2.45, 2.75) is 39.7 Å². The maximum absolute atomic E-state index is 12.4. The van der Waals surface area contributed by atoms with Crippen LogP contribution < -0.4 is 10.1 Å². The van der Waals surface area contributed by atoms with E-state index in [2.05, 4.69) is 5.32 Å². The first kappa shape index (κ1) is 23.9. The molecule has 1 atom stereocenters. The van der Waals surface area contributed by atoms with Crippen LogP contribution in [-0.4, -0.2) is 41.8 Å². The van der Waals surface area contributed by atoms with Crippen molar-refractivity contribution >= 4 is 17.5 Å². The molecule has 2 aromatic carbocycles. The smallest absolute Gasteiger partial charge is 0.277 e. The Morgan fingerprint density at radius 2 is 1.87 bits per heavy atom. The molecule has 0 aliphatic carbocycles. The van der Waals surface area contributed by atoms with Crippen LogP contribution in [-0.2, 0) is 9.59 Å². The summed E-state index contributed by atoms with van der Waals surface area (Å²) in [6, 6.07) is 11.3. The molecule has 2 amide bonds. The third-order valence-corrected chi connectivity index (χ3v) is 4.95. The van der Waals surface area contributed by atoms with E-state index in [1.165, 1.54) is 20.1 Å². The van der Waals surface area contributed by atoms with Gasteiger partial charge in [-0.25, -0.2) is 0 Å². The highest BCUT2D eigenvalue weighted by Gasteiger charge is 2.23. The fourth-order valence-corrected chi connectivity index (χ4v) is 3.52. The van der Waals surface area contributed by atoms with Gasteiger partial charge in [-0.3, -0.25) is 19.7 Å². The summed E-state index contributed by atoms with van der Waals surface area (Å²) in [4.78, 5) is 37.1. The quantitative estimate of drug-likeness (QED) is 0.454. The molecule has 0 aromatic heterocycles. The van der Waals surface area contributed by atoms with E-state index in [-0.39, 0.29) is 17.5 Å². The lowest BCUT2D eigenvalue weighted by Crippen LogP contribution is -2.40. The Hall–Kier alpha value is -3.42. The van der Waals surface area contributed by atoms with Crippen molar-refractivity contribution in [3.63, 3.8) is 0 Å². The number of nitro groups is 1. The fraction of sp³-hybridized carbons (Fsp3) is 0.391. The van der Waals surface area contributed by atoms with Crippen LogP contribution in [0.4, 0.5) is 5.69 Å². The lowest BCUT2D eigenvalue weighted by molar-refractivity contribution is -0.384. The first-order valence-corrected chi connectivity index (χ1v) is 10.3. The van der Waals surface area contributed by atoms with Crippen LogP contribution in [0, 0.1) is 10.1 Å². The SMILES string of the molecule is CCCN(CC(NC(C)=O)c1ccc(OC)c(-c2ccccc2[N+](=O)[O-])c1)C(=O)CC. The zero-order valence-electron chi connectivity index (χ0n) is 18.4. The minimum atomic E-state index is -0.466. The van der Waals surface area contributed by atoms with Gasteiger partial charge in [0.15, 0.2) is 0 Å². The number of amides is 2. The second kappa shape index (κ2) is 11.1. The van der Waals surface area contributed by atoms with E-state index in [1.54, 1.807) is 48.2 Å². The van der Waals surface area contributed by atoms with Gasteiger partial charge in [-0.05, 0) is 30.2 Å². The van der Waals surface area contributed by atoms with Crippen molar-refractivity contribution in [2.24, 2.45) is 0 Å². The second-order valence-corrected chi connectivity index (χ2v) is 7.18. The van der Waals surface area contributed by atoms with Crippen LogP contribution in [0.5, 0.6) is 5.75 Å². The highest BCUT2D eigenvalue weighted by atomic mass is 16.6. The van der Waals surface area contributed by atoms with E-state index in [0.717, 1.165) is 12.0 Å². The number of nitro benzene ring substituents is 1. The van der Waals surface area contributed by atoms with Crippen molar-refractivity contribution in [1.29, 1.82) is 0 Å². The van der Waals surface area contributed by atoms with Gasteiger partial charge in [0.1, 0.15) is 5.75 Å². The molecule has 0 aliphatic heterocycles. The van der Waals surface area contributed by atoms with Crippen molar-refractivity contribution in [1.82, 2.24) is 10.2 Å². The molecule has 8 nitrogen and oxygen atoms in total. The summed E-state index contributed by atoms with van der Waals surface area (Å²) in [6.07, 6.45) is 1.17. The van der Waals surface area contributed by atoms with Gasteiger partial charge in [-0.15, -0.1) is 0 Å². The first-order chi connectivity index (χ1) is 14.8. The molecular formula is C23H29N3O5. The van der Waals surface area contributed by atoms with Gasteiger partial charge < -0.3 is 15.0 Å². The molecule has 0 aliphatic rings. The lowest BCUT2D eigenvalue weighted by atomic mass is 9.96. The summed E-state index contributed by atoms with van der Waals surface area (Å²) >= 11 is 0. The maximum atomic E-state index is 12.4. The van der Waals surface area contributed by atoms with E-state index in [1.807, 2.05) is 6.92 Å². The molecule has 0 fully saturated rings. The number of carbonyl (C=O) groups excluding carboxylic acids is 2. The Kier molecular flexibility index (Phi) is 8.54. The lowest BCUT2D eigenvalue weighted by Gasteiger charge is -2.28. The second-order valence-electron chi connectivity index (χ2n) is 7.18. The number of methoxy groups -OCH3 is 1. The number of nitrogens with one attached hydrogen (secondary N) is 1. The number of ether oxygens (including phenoxy) is 1. The number of hydrogen-bond donors (Lipinski definition) is 1. The number of benzene rings is 2. The zero-order chi connectivity index (χ0) is 23.0. The normalized spacial score (nSPS) is 11.5. The van der Waals surface area contributed by atoms with E-state index in [9.17, 15) is 19.7 Å². The highest BCUT2D eigenvalue weighted by Crippen LogP contribution is 2.37. The fourth-order valence-electron chi connectivity index (χ4n) is 3.52. The molecule has 0 heterocycles. The summed E-state index contributed by atoms with van der Waals surface area (Å²) in [6.45, 7) is 6.10. The van der Waals surface area contributed by atoms with Gasteiger partial charge in [0.2, 0.25) is 11.8 Å². The number of hydrogen-bond acceptors (Lipinski definition) is 5. The molecule has 1 N–H and O–H groups in total. The van der Waals surface area contributed by atoms with Crippen LogP contribution in [0.25, 0.3) is 11.1 Å². The third-order valence-electron chi connectivity index (χ3n) is 4.95. The van der Waals surface area contributed by atoms with Gasteiger partial charge in [0.25, 0.3) is 5.69 Å². The topological polar surface area (TPSA) is 102 Å². The molecule has 0 saturated heterocycles.